The first kappa shape index (κ1) is 15.3. The standard InChI is InChI=1S/C14H18F4N2/c1-9-7-20(10(2)6-19-9)8-11-3-4-13(15)12(5-11)14(16,17)18/h3-5,9-10,19H,6-8H2,1-2H3. The molecule has 0 spiro atoms. The second kappa shape index (κ2) is 5.69. The van der Waals surface area contributed by atoms with Crippen LogP contribution in [0.1, 0.15) is 25.0 Å². The SMILES string of the molecule is CC1CN(Cc2ccc(F)c(C(F)(F)F)c2)C(C)CN1. The van der Waals surface area contributed by atoms with E-state index in [1.807, 2.05) is 13.8 Å². The summed E-state index contributed by atoms with van der Waals surface area (Å²) in [6, 6.07) is 3.77. The van der Waals surface area contributed by atoms with Crippen molar-refractivity contribution in [2.24, 2.45) is 0 Å². The predicted molar refractivity (Wildman–Crippen MR) is 68.7 cm³/mol. The van der Waals surface area contributed by atoms with Gasteiger partial charge in [0, 0.05) is 31.7 Å². The first-order chi connectivity index (χ1) is 9.27. The molecule has 20 heavy (non-hydrogen) atoms. The maximum absolute atomic E-state index is 13.2. The highest BCUT2D eigenvalue weighted by Gasteiger charge is 2.34. The number of benzene rings is 1. The summed E-state index contributed by atoms with van der Waals surface area (Å²) < 4.78 is 51.3. The number of hydrogen-bond donors (Lipinski definition) is 1. The largest absolute Gasteiger partial charge is 0.419 e. The average Bonchev–Trinajstić information content (AvgIpc) is 2.35. The highest BCUT2D eigenvalue weighted by Crippen LogP contribution is 2.32. The average molecular weight is 290 g/mol. The molecular weight excluding hydrogens is 272 g/mol. The van der Waals surface area contributed by atoms with Gasteiger partial charge in [-0.05, 0) is 31.5 Å². The number of rotatable bonds is 2. The van der Waals surface area contributed by atoms with Crippen molar-refractivity contribution < 1.29 is 17.6 Å². The van der Waals surface area contributed by atoms with Crippen LogP contribution in [0.4, 0.5) is 17.6 Å². The van der Waals surface area contributed by atoms with Gasteiger partial charge in [0.05, 0.1) is 5.56 Å². The second-order valence-electron chi connectivity index (χ2n) is 5.40. The van der Waals surface area contributed by atoms with Crippen molar-refractivity contribution in [2.45, 2.75) is 38.7 Å². The van der Waals surface area contributed by atoms with Crippen LogP contribution in [0, 0.1) is 5.82 Å². The van der Waals surface area contributed by atoms with E-state index in [1.54, 1.807) is 0 Å². The number of piperazine rings is 1. The van der Waals surface area contributed by atoms with Crippen molar-refractivity contribution in [1.82, 2.24) is 10.2 Å². The van der Waals surface area contributed by atoms with E-state index in [1.165, 1.54) is 6.07 Å². The molecule has 0 radical (unpaired) electrons. The van der Waals surface area contributed by atoms with Gasteiger partial charge in [0.15, 0.2) is 0 Å². The molecule has 112 valence electrons. The third-order valence-corrected chi connectivity index (χ3v) is 3.62. The van der Waals surface area contributed by atoms with E-state index in [0.29, 0.717) is 18.2 Å². The molecular formula is C14H18F4N2. The molecule has 1 fully saturated rings. The molecule has 1 N–H and O–H groups in total. The minimum absolute atomic E-state index is 0.241. The summed E-state index contributed by atoms with van der Waals surface area (Å²) in [5, 5.41) is 3.31. The monoisotopic (exact) mass is 290 g/mol. The smallest absolute Gasteiger partial charge is 0.311 e. The van der Waals surface area contributed by atoms with Gasteiger partial charge < -0.3 is 5.32 Å². The normalized spacial score (nSPS) is 24.9. The van der Waals surface area contributed by atoms with Crippen LogP contribution in [0.3, 0.4) is 0 Å². The number of alkyl halides is 3. The van der Waals surface area contributed by atoms with Gasteiger partial charge in [-0.15, -0.1) is 0 Å². The Morgan fingerprint density at radius 3 is 2.65 bits per heavy atom. The first-order valence-corrected chi connectivity index (χ1v) is 6.60. The number of hydrogen-bond acceptors (Lipinski definition) is 2. The molecule has 0 aromatic heterocycles. The van der Waals surface area contributed by atoms with Crippen molar-refractivity contribution in [3.8, 4) is 0 Å². The third kappa shape index (κ3) is 3.49. The zero-order valence-corrected chi connectivity index (χ0v) is 11.5. The number of nitrogens with one attached hydrogen (secondary N) is 1. The lowest BCUT2D eigenvalue weighted by Crippen LogP contribution is -2.53. The molecule has 1 aliphatic heterocycles. The van der Waals surface area contributed by atoms with Gasteiger partial charge in [-0.3, -0.25) is 4.90 Å². The highest BCUT2D eigenvalue weighted by molar-refractivity contribution is 5.27. The molecule has 1 saturated heterocycles. The summed E-state index contributed by atoms with van der Waals surface area (Å²) in [6.45, 7) is 6.02. The Kier molecular flexibility index (Phi) is 4.34. The van der Waals surface area contributed by atoms with Gasteiger partial charge in [0.25, 0.3) is 0 Å². The highest BCUT2D eigenvalue weighted by atomic mass is 19.4. The Bertz CT molecular complexity index is 473. The fourth-order valence-electron chi connectivity index (χ4n) is 2.44. The van der Waals surface area contributed by atoms with Crippen molar-refractivity contribution in [1.29, 1.82) is 0 Å². The van der Waals surface area contributed by atoms with Crippen LogP contribution in [-0.2, 0) is 12.7 Å². The Balaban J connectivity index is 2.17. The molecule has 2 atom stereocenters. The fourth-order valence-corrected chi connectivity index (χ4v) is 2.44. The van der Waals surface area contributed by atoms with Crippen LogP contribution in [0.25, 0.3) is 0 Å². The maximum Gasteiger partial charge on any atom is 0.419 e. The van der Waals surface area contributed by atoms with E-state index in [2.05, 4.69) is 10.2 Å². The lowest BCUT2D eigenvalue weighted by molar-refractivity contribution is -0.140. The summed E-state index contributed by atoms with van der Waals surface area (Å²) >= 11 is 0. The molecule has 1 heterocycles. The Morgan fingerprint density at radius 2 is 2.00 bits per heavy atom. The van der Waals surface area contributed by atoms with Crippen LogP contribution in [0.2, 0.25) is 0 Å². The van der Waals surface area contributed by atoms with E-state index >= 15 is 0 Å². The zero-order chi connectivity index (χ0) is 14.9. The molecule has 2 unspecified atom stereocenters. The minimum atomic E-state index is -4.65. The molecule has 0 saturated carbocycles. The molecule has 0 aliphatic carbocycles. The van der Waals surface area contributed by atoms with E-state index in [-0.39, 0.29) is 6.04 Å². The molecule has 1 aliphatic rings. The molecule has 1 aromatic carbocycles. The van der Waals surface area contributed by atoms with Gasteiger partial charge in [0.2, 0.25) is 0 Å². The molecule has 2 nitrogen and oxygen atoms in total. The van der Waals surface area contributed by atoms with Gasteiger partial charge in [-0.1, -0.05) is 6.07 Å². The van der Waals surface area contributed by atoms with Crippen molar-refractivity contribution in [3.05, 3.63) is 35.1 Å². The third-order valence-electron chi connectivity index (χ3n) is 3.62. The molecule has 1 aromatic rings. The van der Waals surface area contributed by atoms with E-state index < -0.39 is 17.6 Å². The number of nitrogens with zero attached hydrogens (tertiary/aromatic N) is 1. The van der Waals surface area contributed by atoms with Gasteiger partial charge in [-0.25, -0.2) is 4.39 Å². The molecule has 0 amide bonds. The predicted octanol–water partition coefficient (Wildman–Crippen LogP) is 3.03. The van der Waals surface area contributed by atoms with E-state index in [0.717, 1.165) is 25.2 Å². The number of halogens is 4. The second-order valence-corrected chi connectivity index (χ2v) is 5.40. The Hall–Kier alpha value is -1.14. The quantitative estimate of drug-likeness (QED) is 0.842. The Morgan fingerprint density at radius 1 is 1.30 bits per heavy atom. The summed E-state index contributed by atoms with van der Waals surface area (Å²) in [6.07, 6.45) is -4.65. The van der Waals surface area contributed by atoms with Crippen LogP contribution < -0.4 is 5.32 Å². The summed E-state index contributed by atoms with van der Waals surface area (Å²) in [5.41, 5.74) is -0.703. The summed E-state index contributed by atoms with van der Waals surface area (Å²) in [5.74, 6) is -1.22. The zero-order valence-electron chi connectivity index (χ0n) is 11.5. The lowest BCUT2D eigenvalue weighted by atomic mass is 10.1. The molecule has 6 heteroatoms. The van der Waals surface area contributed by atoms with Crippen LogP contribution >= 0.6 is 0 Å². The van der Waals surface area contributed by atoms with Gasteiger partial charge >= 0.3 is 6.18 Å². The Labute approximate surface area is 115 Å². The van der Waals surface area contributed by atoms with Crippen molar-refractivity contribution >= 4 is 0 Å². The van der Waals surface area contributed by atoms with Crippen LogP contribution in [-0.4, -0.2) is 30.1 Å². The fraction of sp³-hybridized carbons (Fsp3) is 0.571. The summed E-state index contributed by atoms with van der Waals surface area (Å²) in [7, 11) is 0. The topological polar surface area (TPSA) is 15.3 Å². The maximum atomic E-state index is 13.2. The van der Waals surface area contributed by atoms with Crippen LogP contribution in [0.5, 0.6) is 0 Å². The van der Waals surface area contributed by atoms with E-state index in [4.69, 9.17) is 0 Å². The minimum Gasteiger partial charge on any atom is -0.311 e. The van der Waals surface area contributed by atoms with Crippen molar-refractivity contribution in [2.75, 3.05) is 13.1 Å². The van der Waals surface area contributed by atoms with E-state index in [9.17, 15) is 17.6 Å². The first-order valence-electron chi connectivity index (χ1n) is 6.60. The molecule has 2 rings (SSSR count). The summed E-state index contributed by atoms with van der Waals surface area (Å²) in [4.78, 5) is 2.11. The van der Waals surface area contributed by atoms with Gasteiger partial charge in [0.1, 0.15) is 5.82 Å². The van der Waals surface area contributed by atoms with Crippen molar-refractivity contribution in [3.63, 3.8) is 0 Å². The van der Waals surface area contributed by atoms with Crippen LogP contribution in [0.15, 0.2) is 18.2 Å². The van der Waals surface area contributed by atoms with Gasteiger partial charge in [-0.2, -0.15) is 13.2 Å². The molecule has 0 bridgehead atoms. The lowest BCUT2D eigenvalue weighted by Gasteiger charge is -2.37.